The van der Waals surface area contributed by atoms with E-state index in [1.54, 1.807) is 0 Å². The molecule has 2 heterocycles. The van der Waals surface area contributed by atoms with E-state index < -0.39 is 0 Å². The molecule has 1 unspecified atom stereocenters. The third-order valence-corrected chi connectivity index (χ3v) is 4.67. The van der Waals surface area contributed by atoms with Crippen LogP contribution in [0.25, 0.3) is 0 Å². The molecule has 2 aliphatic heterocycles. The molecule has 0 aliphatic carbocycles. The molecule has 2 fully saturated rings. The lowest BCUT2D eigenvalue weighted by molar-refractivity contribution is -0.120. The summed E-state index contributed by atoms with van der Waals surface area (Å²) < 4.78 is 11.4. The number of para-hydroxylation sites is 1. The first-order chi connectivity index (χ1) is 11.2. The highest BCUT2D eigenvalue weighted by Crippen LogP contribution is 2.24. The van der Waals surface area contributed by atoms with Gasteiger partial charge in [-0.3, -0.25) is 9.69 Å². The van der Waals surface area contributed by atoms with Crippen LogP contribution in [0.15, 0.2) is 24.3 Å². The van der Waals surface area contributed by atoms with Crippen molar-refractivity contribution >= 4 is 11.6 Å². The summed E-state index contributed by atoms with van der Waals surface area (Å²) in [6.45, 7) is 5.15. The molecule has 5 heteroatoms. The highest BCUT2D eigenvalue weighted by Gasteiger charge is 2.33. The van der Waals surface area contributed by atoms with E-state index in [0.29, 0.717) is 19.6 Å². The third-order valence-electron chi connectivity index (χ3n) is 4.67. The SMILES string of the molecule is Cc1ccccc1NC(=O)CCN1CCCCC1C1OCCO1. The Balaban J connectivity index is 1.51. The average Bonchev–Trinajstić information content (AvgIpc) is 3.10. The van der Waals surface area contributed by atoms with Gasteiger partial charge in [0.05, 0.1) is 19.3 Å². The molecular weight excluding hydrogens is 292 g/mol. The minimum atomic E-state index is -0.116. The molecule has 0 spiro atoms. The number of benzene rings is 1. The number of aryl methyl sites for hydroxylation is 1. The molecule has 2 saturated heterocycles. The number of nitrogens with one attached hydrogen (secondary N) is 1. The molecule has 0 aromatic heterocycles. The second-order valence-electron chi connectivity index (χ2n) is 6.32. The molecule has 1 atom stereocenters. The second kappa shape index (κ2) is 7.90. The van der Waals surface area contributed by atoms with Crippen molar-refractivity contribution in [1.82, 2.24) is 4.90 Å². The zero-order valence-corrected chi connectivity index (χ0v) is 13.8. The van der Waals surface area contributed by atoms with Gasteiger partial charge in [-0.05, 0) is 37.9 Å². The summed E-state index contributed by atoms with van der Waals surface area (Å²) in [6, 6.07) is 8.16. The smallest absolute Gasteiger partial charge is 0.225 e. The van der Waals surface area contributed by atoms with Crippen LogP contribution < -0.4 is 5.32 Å². The van der Waals surface area contributed by atoms with Gasteiger partial charge in [0, 0.05) is 18.7 Å². The van der Waals surface area contributed by atoms with Crippen molar-refractivity contribution in [3.63, 3.8) is 0 Å². The summed E-state index contributed by atoms with van der Waals surface area (Å²) in [5, 5.41) is 3.01. The molecule has 3 rings (SSSR count). The average molecular weight is 318 g/mol. The van der Waals surface area contributed by atoms with Gasteiger partial charge in [-0.1, -0.05) is 24.6 Å². The molecular formula is C18H26N2O3. The van der Waals surface area contributed by atoms with E-state index >= 15 is 0 Å². The van der Waals surface area contributed by atoms with Gasteiger partial charge in [-0.15, -0.1) is 0 Å². The Morgan fingerprint density at radius 2 is 2.04 bits per heavy atom. The van der Waals surface area contributed by atoms with Crippen molar-refractivity contribution < 1.29 is 14.3 Å². The number of piperidine rings is 1. The zero-order valence-electron chi connectivity index (χ0n) is 13.8. The molecule has 2 aliphatic rings. The van der Waals surface area contributed by atoms with Gasteiger partial charge in [-0.25, -0.2) is 0 Å². The molecule has 5 nitrogen and oxygen atoms in total. The Kier molecular flexibility index (Phi) is 5.65. The first kappa shape index (κ1) is 16.4. The lowest BCUT2D eigenvalue weighted by Crippen LogP contribution is -2.48. The van der Waals surface area contributed by atoms with Gasteiger partial charge >= 0.3 is 0 Å². The summed E-state index contributed by atoms with van der Waals surface area (Å²) in [5.74, 6) is 0.0666. The summed E-state index contributed by atoms with van der Waals surface area (Å²) in [6.07, 6.45) is 3.86. The zero-order chi connectivity index (χ0) is 16.1. The van der Waals surface area contributed by atoms with Crippen LogP contribution in [0.4, 0.5) is 5.69 Å². The lowest BCUT2D eigenvalue weighted by Gasteiger charge is -2.37. The first-order valence-corrected chi connectivity index (χ1v) is 8.57. The predicted molar refractivity (Wildman–Crippen MR) is 89.3 cm³/mol. The minimum Gasteiger partial charge on any atom is -0.349 e. The fourth-order valence-electron chi connectivity index (χ4n) is 3.37. The van der Waals surface area contributed by atoms with Crippen molar-refractivity contribution in [1.29, 1.82) is 0 Å². The Morgan fingerprint density at radius 1 is 1.26 bits per heavy atom. The molecule has 0 saturated carbocycles. The van der Waals surface area contributed by atoms with E-state index in [0.717, 1.165) is 30.8 Å². The number of likely N-dealkylation sites (tertiary alicyclic amines) is 1. The molecule has 1 aromatic carbocycles. The van der Waals surface area contributed by atoms with E-state index in [9.17, 15) is 4.79 Å². The van der Waals surface area contributed by atoms with Gasteiger partial charge in [0.1, 0.15) is 0 Å². The Bertz CT molecular complexity index is 529. The fourth-order valence-corrected chi connectivity index (χ4v) is 3.37. The maximum Gasteiger partial charge on any atom is 0.225 e. The second-order valence-corrected chi connectivity index (χ2v) is 6.32. The van der Waals surface area contributed by atoms with Gasteiger partial charge in [0.2, 0.25) is 5.91 Å². The number of carbonyl (C=O) groups excluding carboxylic acids is 1. The summed E-state index contributed by atoms with van der Waals surface area (Å²) in [7, 11) is 0. The van der Waals surface area contributed by atoms with Crippen LogP contribution in [-0.4, -0.2) is 49.4 Å². The largest absolute Gasteiger partial charge is 0.349 e. The molecule has 0 bridgehead atoms. The monoisotopic (exact) mass is 318 g/mol. The number of rotatable bonds is 5. The van der Waals surface area contributed by atoms with E-state index in [-0.39, 0.29) is 18.2 Å². The topological polar surface area (TPSA) is 50.8 Å². The maximum absolute atomic E-state index is 12.2. The molecule has 126 valence electrons. The van der Waals surface area contributed by atoms with Gasteiger partial charge in [-0.2, -0.15) is 0 Å². The van der Waals surface area contributed by atoms with Crippen molar-refractivity contribution in [2.45, 2.75) is 44.9 Å². The quantitative estimate of drug-likeness (QED) is 0.906. The normalized spacial score (nSPS) is 23.1. The van der Waals surface area contributed by atoms with Crippen molar-refractivity contribution in [3.8, 4) is 0 Å². The molecule has 23 heavy (non-hydrogen) atoms. The molecule has 1 amide bonds. The van der Waals surface area contributed by atoms with Crippen LogP contribution in [-0.2, 0) is 14.3 Å². The number of carbonyl (C=O) groups is 1. The van der Waals surface area contributed by atoms with Crippen LogP contribution >= 0.6 is 0 Å². The van der Waals surface area contributed by atoms with Gasteiger partial charge in [0.15, 0.2) is 6.29 Å². The van der Waals surface area contributed by atoms with E-state index in [1.165, 1.54) is 12.8 Å². The van der Waals surface area contributed by atoms with Gasteiger partial charge in [0.25, 0.3) is 0 Å². The van der Waals surface area contributed by atoms with E-state index in [1.807, 2.05) is 31.2 Å². The number of nitrogens with zero attached hydrogens (tertiary/aromatic N) is 1. The molecule has 1 N–H and O–H groups in total. The van der Waals surface area contributed by atoms with Crippen LogP contribution in [0.3, 0.4) is 0 Å². The van der Waals surface area contributed by atoms with Crippen LogP contribution in [0.2, 0.25) is 0 Å². The number of anilines is 1. The summed E-state index contributed by atoms with van der Waals surface area (Å²) in [5.41, 5.74) is 1.99. The predicted octanol–water partition coefficient (Wildman–Crippen LogP) is 2.55. The molecule has 0 radical (unpaired) electrons. The standard InChI is InChI=1S/C18H26N2O3/c1-14-6-2-3-7-15(14)19-17(21)9-11-20-10-5-4-8-16(20)18-22-12-13-23-18/h2-3,6-7,16,18H,4-5,8-13H2,1H3,(H,19,21). The third kappa shape index (κ3) is 4.31. The number of amides is 1. The summed E-state index contributed by atoms with van der Waals surface area (Å²) >= 11 is 0. The Hall–Kier alpha value is -1.43. The Labute approximate surface area is 137 Å². The first-order valence-electron chi connectivity index (χ1n) is 8.57. The highest BCUT2D eigenvalue weighted by molar-refractivity contribution is 5.91. The number of hydrogen-bond donors (Lipinski definition) is 1. The van der Waals surface area contributed by atoms with E-state index in [2.05, 4.69) is 10.2 Å². The Morgan fingerprint density at radius 3 is 2.83 bits per heavy atom. The molecule has 1 aromatic rings. The van der Waals surface area contributed by atoms with E-state index in [4.69, 9.17) is 9.47 Å². The highest BCUT2D eigenvalue weighted by atomic mass is 16.7. The number of ether oxygens (including phenoxy) is 2. The lowest BCUT2D eigenvalue weighted by atomic mass is 10.0. The summed E-state index contributed by atoms with van der Waals surface area (Å²) in [4.78, 5) is 14.6. The van der Waals surface area contributed by atoms with Crippen molar-refractivity contribution in [2.24, 2.45) is 0 Å². The van der Waals surface area contributed by atoms with Crippen LogP contribution in [0.1, 0.15) is 31.2 Å². The van der Waals surface area contributed by atoms with Crippen LogP contribution in [0, 0.1) is 6.92 Å². The van der Waals surface area contributed by atoms with Crippen LogP contribution in [0.5, 0.6) is 0 Å². The van der Waals surface area contributed by atoms with Crippen molar-refractivity contribution in [3.05, 3.63) is 29.8 Å². The fraction of sp³-hybridized carbons (Fsp3) is 0.611. The maximum atomic E-state index is 12.2. The van der Waals surface area contributed by atoms with Gasteiger partial charge < -0.3 is 14.8 Å². The van der Waals surface area contributed by atoms with Crippen molar-refractivity contribution in [2.75, 3.05) is 31.6 Å². The minimum absolute atomic E-state index is 0.0666. The number of hydrogen-bond acceptors (Lipinski definition) is 4.